The lowest BCUT2D eigenvalue weighted by Gasteiger charge is -2.38. The Labute approximate surface area is 134 Å². The molecule has 1 atom stereocenters. The molecule has 2 aliphatic rings. The van der Waals surface area contributed by atoms with Gasteiger partial charge in [-0.1, -0.05) is 16.8 Å². The van der Waals surface area contributed by atoms with E-state index in [4.69, 9.17) is 16.1 Å². The molecule has 1 saturated heterocycles. The summed E-state index contributed by atoms with van der Waals surface area (Å²) in [5.74, 6) is 2.88. The van der Waals surface area contributed by atoms with Gasteiger partial charge in [-0.3, -0.25) is 4.90 Å². The molecule has 2 aromatic rings. The number of halogens is 1. The van der Waals surface area contributed by atoms with E-state index in [1.54, 1.807) is 6.20 Å². The zero-order chi connectivity index (χ0) is 15.1. The van der Waals surface area contributed by atoms with Crippen molar-refractivity contribution in [3.8, 4) is 0 Å². The summed E-state index contributed by atoms with van der Waals surface area (Å²) in [6, 6.07) is 3.79. The molecular formula is C15H18ClN5O. The van der Waals surface area contributed by atoms with E-state index in [1.165, 1.54) is 12.8 Å². The number of hydrogen-bond acceptors (Lipinski definition) is 6. The minimum atomic E-state index is 0.0758. The van der Waals surface area contributed by atoms with Gasteiger partial charge in [-0.25, -0.2) is 4.98 Å². The highest BCUT2D eigenvalue weighted by Crippen LogP contribution is 2.39. The molecule has 1 aliphatic heterocycles. The summed E-state index contributed by atoms with van der Waals surface area (Å²) in [4.78, 5) is 13.4. The molecule has 4 rings (SSSR count). The molecule has 0 N–H and O–H groups in total. The monoisotopic (exact) mass is 319 g/mol. The predicted octanol–water partition coefficient (Wildman–Crippen LogP) is 2.49. The Morgan fingerprint density at radius 3 is 2.95 bits per heavy atom. The predicted molar refractivity (Wildman–Crippen MR) is 83.1 cm³/mol. The Kier molecular flexibility index (Phi) is 3.50. The minimum Gasteiger partial charge on any atom is -0.352 e. The summed E-state index contributed by atoms with van der Waals surface area (Å²) < 4.78 is 5.51. The Balaban J connectivity index is 1.57. The van der Waals surface area contributed by atoms with Crippen molar-refractivity contribution in [1.29, 1.82) is 0 Å². The molecule has 7 heteroatoms. The topological polar surface area (TPSA) is 58.3 Å². The second-order valence-corrected chi connectivity index (χ2v) is 6.42. The third-order valence-electron chi connectivity index (χ3n) is 4.37. The van der Waals surface area contributed by atoms with Crippen molar-refractivity contribution in [3.05, 3.63) is 35.1 Å². The Bertz CT molecular complexity index is 671. The molecule has 6 nitrogen and oxygen atoms in total. The first-order valence-electron chi connectivity index (χ1n) is 7.61. The van der Waals surface area contributed by atoms with Crippen molar-refractivity contribution >= 4 is 17.4 Å². The minimum absolute atomic E-state index is 0.0758. The smallest absolute Gasteiger partial charge is 0.245 e. The molecule has 0 aromatic carbocycles. The molecule has 0 amide bonds. The quantitative estimate of drug-likeness (QED) is 0.866. The van der Waals surface area contributed by atoms with E-state index in [9.17, 15) is 0 Å². The molecule has 0 spiro atoms. The van der Waals surface area contributed by atoms with Crippen molar-refractivity contribution < 1.29 is 4.52 Å². The van der Waals surface area contributed by atoms with Crippen molar-refractivity contribution in [2.45, 2.75) is 24.8 Å². The van der Waals surface area contributed by atoms with Gasteiger partial charge in [0, 0.05) is 31.7 Å². The molecule has 2 fully saturated rings. The highest BCUT2D eigenvalue weighted by molar-refractivity contribution is 6.32. The Morgan fingerprint density at radius 2 is 2.18 bits per heavy atom. The maximum atomic E-state index is 6.27. The summed E-state index contributed by atoms with van der Waals surface area (Å²) in [6.07, 6.45) is 4.12. The van der Waals surface area contributed by atoms with Crippen molar-refractivity contribution in [1.82, 2.24) is 20.0 Å². The fourth-order valence-electron chi connectivity index (χ4n) is 2.83. The van der Waals surface area contributed by atoms with E-state index < -0.39 is 0 Å². The number of piperazine rings is 1. The summed E-state index contributed by atoms with van der Waals surface area (Å²) in [5.41, 5.74) is 0. The highest BCUT2D eigenvalue weighted by atomic mass is 35.5. The lowest BCUT2D eigenvalue weighted by Crippen LogP contribution is -2.47. The van der Waals surface area contributed by atoms with Gasteiger partial charge in [-0.2, -0.15) is 4.98 Å². The number of nitrogens with zero attached hydrogens (tertiary/aromatic N) is 5. The number of rotatable bonds is 3. The van der Waals surface area contributed by atoms with E-state index in [-0.39, 0.29) is 6.04 Å². The molecule has 1 saturated carbocycles. The third kappa shape index (κ3) is 2.57. The number of anilines is 1. The van der Waals surface area contributed by atoms with Crippen LogP contribution in [0.25, 0.3) is 0 Å². The largest absolute Gasteiger partial charge is 0.352 e. The first kappa shape index (κ1) is 14.0. The van der Waals surface area contributed by atoms with Crippen LogP contribution >= 0.6 is 11.6 Å². The SMILES string of the molecule is CN1CCN(c2ncccc2Cl)CC1c1nc(C2CC2)no1. The zero-order valence-electron chi connectivity index (χ0n) is 12.4. The van der Waals surface area contributed by atoms with Crippen LogP contribution in [-0.2, 0) is 0 Å². The van der Waals surface area contributed by atoms with E-state index in [0.29, 0.717) is 16.8 Å². The van der Waals surface area contributed by atoms with Crippen LogP contribution in [0, 0.1) is 0 Å². The van der Waals surface area contributed by atoms with Crippen LogP contribution in [0.15, 0.2) is 22.9 Å². The number of pyridine rings is 1. The van der Waals surface area contributed by atoms with Gasteiger partial charge in [-0.15, -0.1) is 0 Å². The Hall–Kier alpha value is -1.66. The van der Waals surface area contributed by atoms with Gasteiger partial charge in [0.25, 0.3) is 0 Å². The number of aromatic nitrogens is 3. The molecule has 1 unspecified atom stereocenters. The molecule has 2 aromatic heterocycles. The van der Waals surface area contributed by atoms with E-state index in [2.05, 4.69) is 32.0 Å². The molecule has 22 heavy (non-hydrogen) atoms. The number of hydrogen-bond donors (Lipinski definition) is 0. The van der Waals surface area contributed by atoms with Gasteiger partial charge >= 0.3 is 0 Å². The van der Waals surface area contributed by atoms with Crippen LogP contribution in [0.3, 0.4) is 0 Å². The summed E-state index contributed by atoms with van der Waals surface area (Å²) in [6.45, 7) is 2.53. The van der Waals surface area contributed by atoms with E-state index >= 15 is 0 Å². The lowest BCUT2D eigenvalue weighted by molar-refractivity contribution is 0.177. The maximum Gasteiger partial charge on any atom is 0.245 e. The molecule has 116 valence electrons. The van der Waals surface area contributed by atoms with Gasteiger partial charge in [0.1, 0.15) is 11.9 Å². The maximum absolute atomic E-state index is 6.27. The number of likely N-dealkylation sites (N-methyl/N-ethyl adjacent to an activating group) is 1. The molecule has 3 heterocycles. The van der Waals surface area contributed by atoms with Crippen LogP contribution in [0.5, 0.6) is 0 Å². The van der Waals surface area contributed by atoms with Gasteiger partial charge in [0.15, 0.2) is 5.82 Å². The van der Waals surface area contributed by atoms with Crippen molar-refractivity contribution in [3.63, 3.8) is 0 Å². The molecule has 1 aliphatic carbocycles. The fraction of sp³-hybridized carbons (Fsp3) is 0.533. The summed E-state index contributed by atoms with van der Waals surface area (Å²) in [5, 5.41) is 4.81. The molecule has 0 radical (unpaired) electrons. The second kappa shape index (κ2) is 5.52. The van der Waals surface area contributed by atoms with Gasteiger partial charge < -0.3 is 9.42 Å². The summed E-state index contributed by atoms with van der Waals surface area (Å²) in [7, 11) is 2.09. The van der Waals surface area contributed by atoms with Crippen LogP contribution in [0.2, 0.25) is 5.02 Å². The van der Waals surface area contributed by atoms with Gasteiger partial charge in [0.2, 0.25) is 5.89 Å². The third-order valence-corrected chi connectivity index (χ3v) is 4.67. The van der Waals surface area contributed by atoms with Crippen LogP contribution in [-0.4, -0.2) is 46.7 Å². The van der Waals surface area contributed by atoms with Crippen LogP contribution < -0.4 is 4.90 Å². The van der Waals surface area contributed by atoms with Crippen molar-refractivity contribution in [2.24, 2.45) is 0 Å². The first-order valence-corrected chi connectivity index (χ1v) is 7.99. The van der Waals surface area contributed by atoms with Crippen molar-refractivity contribution in [2.75, 3.05) is 31.6 Å². The van der Waals surface area contributed by atoms with E-state index in [0.717, 1.165) is 31.3 Å². The molecular weight excluding hydrogens is 302 g/mol. The van der Waals surface area contributed by atoms with Gasteiger partial charge in [-0.05, 0) is 32.0 Å². The fourth-order valence-corrected chi connectivity index (χ4v) is 3.07. The normalized spacial score (nSPS) is 23.0. The Morgan fingerprint density at radius 1 is 1.32 bits per heavy atom. The molecule has 0 bridgehead atoms. The average Bonchev–Trinajstić information content (AvgIpc) is 3.27. The zero-order valence-corrected chi connectivity index (χ0v) is 13.2. The lowest BCUT2D eigenvalue weighted by atomic mass is 10.1. The van der Waals surface area contributed by atoms with Gasteiger partial charge in [0.05, 0.1) is 5.02 Å². The standard InChI is InChI=1S/C15H18ClN5O/c1-20-7-8-21(14-11(16)3-2-6-17-14)9-12(20)15-18-13(19-22-15)10-4-5-10/h2-3,6,10,12H,4-5,7-9H2,1H3. The first-order chi connectivity index (χ1) is 10.7. The average molecular weight is 320 g/mol. The van der Waals surface area contributed by atoms with Crippen LogP contribution in [0.4, 0.5) is 5.82 Å². The summed E-state index contributed by atoms with van der Waals surface area (Å²) >= 11 is 6.27. The second-order valence-electron chi connectivity index (χ2n) is 6.02. The highest BCUT2D eigenvalue weighted by Gasteiger charge is 2.34. The van der Waals surface area contributed by atoms with Crippen LogP contribution in [0.1, 0.15) is 36.5 Å². The van der Waals surface area contributed by atoms with E-state index in [1.807, 2.05) is 12.1 Å².